The maximum Gasteiger partial charge on any atom is 0.322 e. The lowest BCUT2D eigenvalue weighted by atomic mass is 10.2. The largest absolute Gasteiger partial charge is 0.424 e. The molecule has 0 aliphatic rings. The molecule has 0 radical (unpaired) electrons. The van der Waals surface area contributed by atoms with E-state index in [0.717, 1.165) is 22.4 Å². The minimum atomic E-state index is -0.507. The SMILES string of the molecule is NCc1cc(Br)ccc1Oc1ncc(F)cn1. The monoisotopic (exact) mass is 297 g/mol. The van der Waals surface area contributed by atoms with Crippen LogP contribution >= 0.6 is 15.9 Å². The molecule has 6 heteroatoms. The summed E-state index contributed by atoms with van der Waals surface area (Å²) in [4.78, 5) is 7.42. The summed E-state index contributed by atoms with van der Waals surface area (Å²) in [5, 5.41) is 0. The molecular formula is C11H9BrFN3O. The third kappa shape index (κ3) is 2.98. The molecule has 0 amide bonds. The minimum Gasteiger partial charge on any atom is -0.424 e. The van der Waals surface area contributed by atoms with Crippen LogP contribution < -0.4 is 10.5 Å². The number of hydrogen-bond donors (Lipinski definition) is 1. The van der Waals surface area contributed by atoms with E-state index < -0.39 is 5.82 Å². The van der Waals surface area contributed by atoms with Crippen molar-refractivity contribution >= 4 is 15.9 Å². The van der Waals surface area contributed by atoms with Crippen LogP contribution in [0.25, 0.3) is 0 Å². The maximum atomic E-state index is 12.6. The molecule has 0 atom stereocenters. The standard InChI is InChI=1S/C11H9BrFN3O/c12-8-1-2-10(7(3-8)4-14)17-11-15-5-9(13)6-16-11/h1-3,5-6H,4,14H2. The number of hydrogen-bond acceptors (Lipinski definition) is 4. The van der Waals surface area contributed by atoms with E-state index in [1.54, 1.807) is 6.07 Å². The van der Waals surface area contributed by atoms with Crippen LogP contribution in [-0.2, 0) is 6.54 Å². The highest BCUT2D eigenvalue weighted by molar-refractivity contribution is 9.10. The highest BCUT2D eigenvalue weighted by Crippen LogP contribution is 2.25. The van der Waals surface area contributed by atoms with Gasteiger partial charge in [-0.2, -0.15) is 0 Å². The number of benzene rings is 1. The van der Waals surface area contributed by atoms with Crippen LogP contribution in [0, 0.1) is 5.82 Å². The first-order valence-corrected chi connectivity index (χ1v) is 5.62. The Kier molecular flexibility index (Phi) is 3.65. The van der Waals surface area contributed by atoms with E-state index >= 15 is 0 Å². The molecule has 0 bridgehead atoms. The fourth-order valence-corrected chi connectivity index (χ4v) is 1.67. The quantitative estimate of drug-likeness (QED) is 0.946. The van der Waals surface area contributed by atoms with Gasteiger partial charge in [-0.3, -0.25) is 0 Å². The molecule has 0 aliphatic heterocycles. The molecule has 17 heavy (non-hydrogen) atoms. The van der Waals surface area contributed by atoms with Gasteiger partial charge in [-0.1, -0.05) is 15.9 Å². The molecule has 1 aromatic carbocycles. The van der Waals surface area contributed by atoms with Gasteiger partial charge in [0.15, 0.2) is 5.82 Å². The smallest absolute Gasteiger partial charge is 0.322 e. The van der Waals surface area contributed by atoms with Gasteiger partial charge < -0.3 is 10.5 Å². The van der Waals surface area contributed by atoms with Crippen molar-refractivity contribution in [3.05, 3.63) is 46.4 Å². The molecule has 4 nitrogen and oxygen atoms in total. The molecule has 2 N–H and O–H groups in total. The summed E-state index contributed by atoms with van der Waals surface area (Å²) in [5.74, 6) is 0.0505. The molecule has 0 unspecified atom stereocenters. The highest BCUT2D eigenvalue weighted by atomic mass is 79.9. The van der Waals surface area contributed by atoms with Crippen molar-refractivity contribution in [2.24, 2.45) is 5.73 Å². The van der Waals surface area contributed by atoms with Crippen LogP contribution in [-0.4, -0.2) is 9.97 Å². The van der Waals surface area contributed by atoms with Crippen molar-refractivity contribution in [3.8, 4) is 11.8 Å². The zero-order valence-corrected chi connectivity index (χ0v) is 10.3. The molecule has 0 spiro atoms. The molecule has 0 fully saturated rings. The fourth-order valence-electron chi connectivity index (χ4n) is 1.26. The van der Waals surface area contributed by atoms with E-state index in [4.69, 9.17) is 10.5 Å². The van der Waals surface area contributed by atoms with E-state index in [1.807, 2.05) is 12.1 Å². The van der Waals surface area contributed by atoms with Gasteiger partial charge >= 0.3 is 6.01 Å². The van der Waals surface area contributed by atoms with Gasteiger partial charge in [-0.25, -0.2) is 14.4 Å². The Morgan fingerprint density at radius 1 is 1.29 bits per heavy atom. The first-order chi connectivity index (χ1) is 8.19. The van der Waals surface area contributed by atoms with Crippen molar-refractivity contribution in [1.29, 1.82) is 0 Å². The molecule has 2 rings (SSSR count). The topological polar surface area (TPSA) is 61.0 Å². The molecule has 0 aliphatic carbocycles. The zero-order valence-electron chi connectivity index (χ0n) is 8.73. The lowest BCUT2D eigenvalue weighted by Gasteiger charge is -2.08. The zero-order chi connectivity index (χ0) is 12.3. The van der Waals surface area contributed by atoms with Crippen molar-refractivity contribution in [2.45, 2.75) is 6.54 Å². The van der Waals surface area contributed by atoms with Gasteiger partial charge in [-0.05, 0) is 18.2 Å². The summed E-state index contributed by atoms with van der Waals surface area (Å²) >= 11 is 3.34. The number of rotatable bonds is 3. The molecule has 1 aromatic heterocycles. The van der Waals surface area contributed by atoms with Gasteiger partial charge in [-0.15, -0.1) is 0 Å². The predicted octanol–water partition coefficient (Wildman–Crippen LogP) is 2.63. The lowest BCUT2D eigenvalue weighted by Crippen LogP contribution is -2.01. The van der Waals surface area contributed by atoms with Crippen LogP contribution in [0.4, 0.5) is 4.39 Å². The van der Waals surface area contributed by atoms with Crippen molar-refractivity contribution in [1.82, 2.24) is 9.97 Å². The van der Waals surface area contributed by atoms with E-state index in [9.17, 15) is 4.39 Å². The summed E-state index contributed by atoms with van der Waals surface area (Å²) < 4.78 is 18.9. The Bertz CT molecular complexity index is 519. The summed E-state index contributed by atoms with van der Waals surface area (Å²) in [6.07, 6.45) is 2.09. The normalized spacial score (nSPS) is 10.3. The Balaban J connectivity index is 2.26. The summed E-state index contributed by atoms with van der Waals surface area (Å²) in [6, 6.07) is 5.50. The number of aromatic nitrogens is 2. The lowest BCUT2D eigenvalue weighted by molar-refractivity contribution is 0.431. The van der Waals surface area contributed by atoms with E-state index in [1.165, 1.54) is 0 Å². The first-order valence-electron chi connectivity index (χ1n) is 4.83. The summed E-state index contributed by atoms with van der Waals surface area (Å²) in [5.41, 5.74) is 6.41. The van der Waals surface area contributed by atoms with E-state index in [2.05, 4.69) is 25.9 Å². The van der Waals surface area contributed by atoms with Crippen LogP contribution in [0.15, 0.2) is 35.1 Å². The predicted molar refractivity (Wildman–Crippen MR) is 64.1 cm³/mol. The Hall–Kier alpha value is -1.53. The third-order valence-electron chi connectivity index (χ3n) is 2.04. The number of ether oxygens (including phenoxy) is 1. The molecule has 0 saturated heterocycles. The molecule has 2 aromatic rings. The first kappa shape index (κ1) is 11.9. The van der Waals surface area contributed by atoms with Gasteiger partial charge in [0.25, 0.3) is 0 Å². The summed E-state index contributed by atoms with van der Waals surface area (Å²) in [6.45, 7) is 0.329. The fraction of sp³-hybridized carbons (Fsp3) is 0.0909. The van der Waals surface area contributed by atoms with Crippen LogP contribution in [0.5, 0.6) is 11.8 Å². The summed E-state index contributed by atoms with van der Waals surface area (Å²) in [7, 11) is 0. The van der Waals surface area contributed by atoms with Gasteiger partial charge in [0.2, 0.25) is 0 Å². The van der Waals surface area contributed by atoms with Crippen LogP contribution in [0.1, 0.15) is 5.56 Å². The second kappa shape index (κ2) is 5.20. The molecule has 0 saturated carbocycles. The molecule has 88 valence electrons. The Morgan fingerprint density at radius 3 is 2.65 bits per heavy atom. The number of halogens is 2. The van der Waals surface area contributed by atoms with Crippen LogP contribution in [0.3, 0.4) is 0 Å². The molecular weight excluding hydrogens is 289 g/mol. The van der Waals surface area contributed by atoms with Crippen molar-refractivity contribution < 1.29 is 9.13 Å². The minimum absolute atomic E-state index is 0.0865. The van der Waals surface area contributed by atoms with E-state index in [-0.39, 0.29) is 6.01 Å². The molecule has 1 heterocycles. The Labute approximate surface area is 106 Å². The Morgan fingerprint density at radius 2 is 2.00 bits per heavy atom. The van der Waals surface area contributed by atoms with Gasteiger partial charge in [0.05, 0.1) is 12.4 Å². The number of nitrogens with zero attached hydrogens (tertiary/aromatic N) is 2. The van der Waals surface area contributed by atoms with Crippen molar-refractivity contribution in [3.63, 3.8) is 0 Å². The van der Waals surface area contributed by atoms with Crippen LogP contribution in [0.2, 0.25) is 0 Å². The highest BCUT2D eigenvalue weighted by Gasteiger charge is 2.06. The maximum absolute atomic E-state index is 12.6. The third-order valence-corrected chi connectivity index (χ3v) is 2.53. The average molecular weight is 298 g/mol. The van der Waals surface area contributed by atoms with E-state index in [0.29, 0.717) is 12.3 Å². The van der Waals surface area contributed by atoms with Crippen molar-refractivity contribution in [2.75, 3.05) is 0 Å². The van der Waals surface area contributed by atoms with Gasteiger partial charge in [0.1, 0.15) is 5.75 Å². The second-order valence-electron chi connectivity index (χ2n) is 3.24. The number of nitrogens with two attached hydrogens (primary N) is 1. The van der Waals surface area contributed by atoms with Gasteiger partial charge in [0, 0.05) is 16.6 Å². The average Bonchev–Trinajstić information content (AvgIpc) is 2.34. The second-order valence-corrected chi connectivity index (χ2v) is 4.16.